The predicted molar refractivity (Wildman–Crippen MR) is 31.8 cm³/mol. The number of hydrogen-bond donors (Lipinski definition) is 2. The molecule has 1 rings (SSSR count). The Morgan fingerprint density at radius 2 is 1.56 bits per heavy atom. The molecule has 0 saturated heterocycles. The molecule has 0 bridgehead atoms. The summed E-state index contributed by atoms with van der Waals surface area (Å²) in [5.74, 6) is 0. The van der Waals surface area contributed by atoms with Gasteiger partial charge in [-0.05, 0) is 0 Å². The van der Waals surface area contributed by atoms with Gasteiger partial charge in [-0.3, -0.25) is 0 Å². The zero-order valence-corrected chi connectivity index (χ0v) is 5.43. The summed E-state index contributed by atoms with van der Waals surface area (Å²) < 4.78 is 0. The molecule has 0 aromatic carbocycles. The molecule has 0 unspecified atom stereocenters. The Hall–Kier alpha value is -0.520. The van der Waals surface area contributed by atoms with Crippen LogP contribution < -0.4 is 0 Å². The summed E-state index contributed by atoms with van der Waals surface area (Å²) in [7, 11) is 0. The number of hydrogen-bond acceptors (Lipinski definition) is 5. The van der Waals surface area contributed by atoms with Crippen molar-refractivity contribution in [3.63, 3.8) is 0 Å². The molecule has 50 valence electrons. The topological polar surface area (TPSA) is 66.2 Å². The van der Waals surface area contributed by atoms with Crippen LogP contribution in [0.15, 0.2) is 0 Å². The second-order valence-electron chi connectivity index (χ2n) is 1.41. The molecule has 0 saturated carbocycles. The molecule has 0 fully saturated rings. The van der Waals surface area contributed by atoms with E-state index in [0.717, 1.165) is 0 Å². The SMILES string of the molecule is OCc1nnc(CO)s1. The summed E-state index contributed by atoms with van der Waals surface area (Å²) in [6.07, 6.45) is 0. The van der Waals surface area contributed by atoms with Crippen LogP contribution in [0.25, 0.3) is 0 Å². The van der Waals surface area contributed by atoms with E-state index < -0.39 is 0 Å². The van der Waals surface area contributed by atoms with E-state index in [0.29, 0.717) is 10.0 Å². The maximum Gasteiger partial charge on any atom is 0.143 e. The van der Waals surface area contributed by atoms with E-state index in [-0.39, 0.29) is 13.2 Å². The average molecular weight is 146 g/mol. The van der Waals surface area contributed by atoms with Crippen LogP contribution in [0, 0.1) is 0 Å². The van der Waals surface area contributed by atoms with Crippen LogP contribution >= 0.6 is 11.3 Å². The lowest BCUT2D eigenvalue weighted by Crippen LogP contribution is -1.80. The third-order valence-electron chi connectivity index (χ3n) is 0.779. The summed E-state index contributed by atoms with van der Waals surface area (Å²) >= 11 is 1.21. The van der Waals surface area contributed by atoms with Crippen molar-refractivity contribution in [2.24, 2.45) is 0 Å². The highest BCUT2D eigenvalue weighted by Crippen LogP contribution is 2.07. The summed E-state index contributed by atoms with van der Waals surface area (Å²) in [5, 5.41) is 25.2. The Kier molecular flexibility index (Phi) is 2.10. The molecule has 4 nitrogen and oxygen atoms in total. The van der Waals surface area contributed by atoms with Crippen LogP contribution in [-0.2, 0) is 13.2 Å². The van der Waals surface area contributed by atoms with Crippen LogP contribution in [0.3, 0.4) is 0 Å². The molecule has 0 spiro atoms. The first kappa shape index (κ1) is 6.60. The molecular formula is C4H6N2O2S. The van der Waals surface area contributed by atoms with Crippen molar-refractivity contribution < 1.29 is 10.2 Å². The molecule has 0 aliphatic carbocycles. The zero-order valence-electron chi connectivity index (χ0n) is 4.61. The van der Waals surface area contributed by atoms with E-state index in [1.54, 1.807) is 0 Å². The van der Waals surface area contributed by atoms with Crippen molar-refractivity contribution in [2.75, 3.05) is 0 Å². The lowest BCUT2D eigenvalue weighted by Gasteiger charge is -1.78. The molecule has 0 aliphatic heterocycles. The Morgan fingerprint density at radius 1 is 1.11 bits per heavy atom. The molecule has 0 aliphatic rings. The number of aliphatic hydroxyl groups is 2. The first-order valence-electron chi connectivity index (χ1n) is 2.40. The van der Waals surface area contributed by atoms with Gasteiger partial charge in [0.05, 0.1) is 13.2 Å². The highest BCUT2D eigenvalue weighted by molar-refractivity contribution is 7.11. The number of aromatic nitrogens is 2. The summed E-state index contributed by atoms with van der Waals surface area (Å²) in [6.45, 7) is -0.199. The van der Waals surface area contributed by atoms with Crippen molar-refractivity contribution in [3.8, 4) is 0 Å². The van der Waals surface area contributed by atoms with Crippen LogP contribution in [-0.4, -0.2) is 20.4 Å². The molecule has 0 atom stereocenters. The van der Waals surface area contributed by atoms with E-state index in [1.807, 2.05) is 0 Å². The number of rotatable bonds is 2. The molecular weight excluding hydrogens is 140 g/mol. The molecule has 2 N–H and O–H groups in total. The smallest absolute Gasteiger partial charge is 0.143 e. The predicted octanol–water partition coefficient (Wildman–Crippen LogP) is -0.477. The van der Waals surface area contributed by atoms with Crippen LogP contribution in [0.1, 0.15) is 10.0 Å². The van der Waals surface area contributed by atoms with E-state index >= 15 is 0 Å². The normalized spacial score (nSPS) is 10.0. The van der Waals surface area contributed by atoms with Gasteiger partial charge in [0.1, 0.15) is 10.0 Å². The summed E-state index contributed by atoms with van der Waals surface area (Å²) in [5.41, 5.74) is 0. The van der Waals surface area contributed by atoms with Crippen LogP contribution in [0.2, 0.25) is 0 Å². The lowest BCUT2D eigenvalue weighted by atomic mass is 10.8. The second-order valence-corrected chi connectivity index (χ2v) is 2.55. The van der Waals surface area contributed by atoms with Gasteiger partial charge in [-0.15, -0.1) is 10.2 Å². The largest absolute Gasteiger partial charge is 0.389 e. The van der Waals surface area contributed by atoms with Gasteiger partial charge in [-0.1, -0.05) is 11.3 Å². The molecule has 1 aromatic rings. The minimum atomic E-state index is -0.0995. The zero-order chi connectivity index (χ0) is 6.69. The Morgan fingerprint density at radius 3 is 1.78 bits per heavy atom. The third-order valence-corrected chi connectivity index (χ3v) is 1.67. The highest BCUT2D eigenvalue weighted by Gasteiger charge is 1.98. The minimum Gasteiger partial charge on any atom is -0.389 e. The molecule has 0 radical (unpaired) electrons. The second kappa shape index (κ2) is 2.86. The van der Waals surface area contributed by atoms with Crippen LogP contribution in [0.5, 0.6) is 0 Å². The van der Waals surface area contributed by atoms with Gasteiger partial charge in [-0.2, -0.15) is 0 Å². The Bertz CT molecular complexity index is 170. The molecule has 9 heavy (non-hydrogen) atoms. The van der Waals surface area contributed by atoms with Crippen molar-refractivity contribution in [1.82, 2.24) is 10.2 Å². The quantitative estimate of drug-likeness (QED) is 0.591. The first-order chi connectivity index (χ1) is 4.36. The summed E-state index contributed by atoms with van der Waals surface area (Å²) in [6, 6.07) is 0. The van der Waals surface area contributed by atoms with Crippen molar-refractivity contribution in [2.45, 2.75) is 13.2 Å². The van der Waals surface area contributed by atoms with Gasteiger partial charge >= 0.3 is 0 Å². The fourth-order valence-corrected chi connectivity index (χ4v) is 0.981. The van der Waals surface area contributed by atoms with Crippen molar-refractivity contribution >= 4 is 11.3 Å². The molecule has 5 heteroatoms. The van der Waals surface area contributed by atoms with Gasteiger partial charge in [-0.25, -0.2) is 0 Å². The third kappa shape index (κ3) is 1.44. The minimum absolute atomic E-state index is 0.0995. The average Bonchev–Trinajstić information content (AvgIpc) is 2.34. The van der Waals surface area contributed by atoms with Crippen LogP contribution in [0.4, 0.5) is 0 Å². The molecule has 1 heterocycles. The fraction of sp³-hybridized carbons (Fsp3) is 0.500. The van der Waals surface area contributed by atoms with Crippen molar-refractivity contribution in [1.29, 1.82) is 0 Å². The maximum absolute atomic E-state index is 8.47. The highest BCUT2D eigenvalue weighted by atomic mass is 32.1. The molecule has 1 aromatic heterocycles. The standard InChI is InChI=1S/C4H6N2O2S/c7-1-3-5-6-4(2-8)9-3/h7-8H,1-2H2. The summed E-state index contributed by atoms with van der Waals surface area (Å²) in [4.78, 5) is 0. The fourth-order valence-electron chi connectivity index (χ4n) is 0.416. The van der Waals surface area contributed by atoms with E-state index in [1.165, 1.54) is 11.3 Å². The number of nitrogens with zero attached hydrogens (tertiary/aromatic N) is 2. The van der Waals surface area contributed by atoms with Crippen molar-refractivity contribution in [3.05, 3.63) is 10.0 Å². The first-order valence-corrected chi connectivity index (χ1v) is 3.21. The van der Waals surface area contributed by atoms with E-state index in [2.05, 4.69) is 10.2 Å². The monoisotopic (exact) mass is 146 g/mol. The van der Waals surface area contributed by atoms with Gasteiger partial charge in [0.2, 0.25) is 0 Å². The van der Waals surface area contributed by atoms with Gasteiger partial charge in [0.25, 0.3) is 0 Å². The van der Waals surface area contributed by atoms with Gasteiger partial charge in [0.15, 0.2) is 0 Å². The van der Waals surface area contributed by atoms with E-state index in [9.17, 15) is 0 Å². The Balaban J connectivity index is 2.74. The van der Waals surface area contributed by atoms with Gasteiger partial charge < -0.3 is 10.2 Å². The molecule has 0 amide bonds. The van der Waals surface area contributed by atoms with Gasteiger partial charge in [0, 0.05) is 0 Å². The number of aliphatic hydroxyl groups excluding tert-OH is 2. The maximum atomic E-state index is 8.47. The van der Waals surface area contributed by atoms with E-state index in [4.69, 9.17) is 10.2 Å². The Labute approximate surface area is 55.8 Å². The lowest BCUT2D eigenvalue weighted by molar-refractivity contribution is 0.277.